The molecule has 0 saturated carbocycles. The summed E-state index contributed by atoms with van der Waals surface area (Å²) in [7, 11) is 0. The molecule has 56 heavy (non-hydrogen) atoms. The maximum atomic E-state index is 6.60. The first-order valence-electron chi connectivity index (χ1n) is 19.0. The van der Waals surface area contributed by atoms with Gasteiger partial charge in [-0.2, -0.15) is 4.98 Å². The molecule has 0 radical (unpaired) electrons. The van der Waals surface area contributed by atoms with Crippen molar-refractivity contribution in [1.82, 2.24) is 19.5 Å². The van der Waals surface area contributed by atoms with E-state index in [0.29, 0.717) is 17.7 Å². The Morgan fingerprint density at radius 1 is 0.518 bits per heavy atom. The Labute approximate surface area is 323 Å². The van der Waals surface area contributed by atoms with Crippen LogP contribution in [-0.4, -0.2) is 19.5 Å². The summed E-state index contributed by atoms with van der Waals surface area (Å²) in [6, 6.07) is 55.9. The van der Waals surface area contributed by atoms with Crippen LogP contribution in [0.1, 0.15) is 17.9 Å². The van der Waals surface area contributed by atoms with Crippen LogP contribution >= 0.6 is 0 Å². The van der Waals surface area contributed by atoms with E-state index in [1.807, 2.05) is 12.1 Å². The van der Waals surface area contributed by atoms with E-state index in [0.717, 1.165) is 66.9 Å². The van der Waals surface area contributed by atoms with Gasteiger partial charge in [0.1, 0.15) is 17.5 Å². The normalized spacial score (nSPS) is 14.0. The largest absolute Gasteiger partial charge is 0.455 e. The first-order valence-corrected chi connectivity index (χ1v) is 19.0. The maximum Gasteiger partial charge on any atom is 0.238 e. The molecule has 1 aliphatic rings. The average molecular weight is 719 g/mol. The number of fused-ring (bicyclic) bond motifs is 6. The third kappa shape index (κ3) is 5.44. The van der Waals surface area contributed by atoms with Gasteiger partial charge in [-0.3, -0.25) is 4.57 Å². The highest BCUT2D eigenvalue weighted by Gasteiger charge is 2.19. The Kier molecular flexibility index (Phi) is 7.56. The SMILES string of the molecule is C1=CCC(c2cccc(-c3cccc(-c4ccc5oc6c(-c7ncnc(-n8c9ccccc9c9cc(-c%10ccccc%10)ccc98)n7)cccc6c5c4)c3)c2)C=C1. The fourth-order valence-corrected chi connectivity index (χ4v) is 8.33. The molecule has 1 unspecified atom stereocenters. The van der Waals surface area contributed by atoms with Crippen LogP contribution in [0, 0.1) is 0 Å². The standard InChI is InChI=1S/C51H34N4O/c1-3-12-33(13-4-1)35-16-9-17-36(28-35)37-18-10-19-38(29-37)40-25-27-48-45(31-40)42-21-11-22-43(49(42)56-48)50-52-32-53-51(54-50)55-46-23-8-7-20-41(46)44-30-39(24-26-47(44)55)34-14-5-2-6-15-34/h1-12,14-33H,13H2. The summed E-state index contributed by atoms with van der Waals surface area (Å²) in [5, 5.41) is 4.36. The Bertz CT molecular complexity index is 3190. The van der Waals surface area contributed by atoms with Gasteiger partial charge in [0.2, 0.25) is 5.95 Å². The Balaban J connectivity index is 0.974. The quantitative estimate of drug-likeness (QED) is 0.172. The summed E-state index contributed by atoms with van der Waals surface area (Å²) >= 11 is 0. The molecule has 10 aromatic rings. The molecule has 0 spiro atoms. The van der Waals surface area contributed by atoms with Crippen LogP contribution < -0.4 is 0 Å². The minimum atomic E-state index is 0.413. The van der Waals surface area contributed by atoms with Gasteiger partial charge in [0.05, 0.1) is 16.6 Å². The predicted octanol–water partition coefficient (Wildman–Crippen LogP) is 13.1. The fourth-order valence-electron chi connectivity index (χ4n) is 8.33. The van der Waals surface area contributed by atoms with Gasteiger partial charge in [-0.25, -0.2) is 9.97 Å². The van der Waals surface area contributed by atoms with Gasteiger partial charge in [0.25, 0.3) is 0 Å². The Hall–Kier alpha value is -7.37. The summed E-state index contributed by atoms with van der Waals surface area (Å²) in [5.41, 5.74) is 12.9. The topological polar surface area (TPSA) is 56.7 Å². The molecule has 7 aromatic carbocycles. The zero-order valence-electron chi connectivity index (χ0n) is 30.4. The van der Waals surface area contributed by atoms with Gasteiger partial charge in [-0.05, 0) is 87.8 Å². The first kappa shape index (κ1) is 32.1. The number of rotatable bonds is 6. The van der Waals surface area contributed by atoms with Crippen molar-refractivity contribution in [3.8, 4) is 50.7 Å². The molecule has 0 saturated heterocycles. The molecule has 1 atom stereocenters. The minimum Gasteiger partial charge on any atom is -0.455 e. The molecule has 3 heterocycles. The van der Waals surface area contributed by atoms with E-state index in [1.54, 1.807) is 6.33 Å². The van der Waals surface area contributed by atoms with Crippen LogP contribution in [0.5, 0.6) is 0 Å². The van der Waals surface area contributed by atoms with Gasteiger partial charge < -0.3 is 4.42 Å². The van der Waals surface area contributed by atoms with E-state index in [-0.39, 0.29) is 0 Å². The van der Waals surface area contributed by atoms with E-state index in [9.17, 15) is 0 Å². The molecule has 0 amide bonds. The lowest BCUT2D eigenvalue weighted by Gasteiger charge is -2.15. The number of hydrogen-bond donors (Lipinski definition) is 0. The van der Waals surface area contributed by atoms with E-state index in [2.05, 4.69) is 174 Å². The summed E-state index contributed by atoms with van der Waals surface area (Å²) in [5.74, 6) is 1.53. The molecule has 1 aliphatic carbocycles. The molecule has 5 heteroatoms. The molecular formula is C51H34N4O. The third-order valence-corrected chi connectivity index (χ3v) is 11.1. The third-order valence-electron chi connectivity index (χ3n) is 11.1. The lowest BCUT2D eigenvalue weighted by molar-refractivity contribution is 0.669. The fraction of sp³-hybridized carbons (Fsp3) is 0.0392. The highest BCUT2D eigenvalue weighted by atomic mass is 16.3. The smallest absolute Gasteiger partial charge is 0.238 e. The van der Waals surface area contributed by atoms with Gasteiger partial charge in [0.15, 0.2) is 5.82 Å². The number of furan rings is 1. The number of allylic oxidation sites excluding steroid dienone is 4. The zero-order chi connectivity index (χ0) is 37.0. The molecule has 3 aromatic heterocycles. The lowest BCUT2D eigenvalue weighted by atomic mass is 9.90. The average Bonchev–Trinajstić information content (AvgIpc) is 3.82. The van der Waals surface area contributed by atoms with Crippen molar-refractivity contribution in [2.24, 2.45) is 0 Å². The van der Waals surface area contributed by atoms with Gasteiger partial charge in [-0.15, -0.1) is 0 Å². The number of hydrogen-bond acceptors (Lipinski definition) is 4. The zero-order valence-corrected chi connectivity index (χ0v) is 30.4. The molecule has 264 valence electrons. The van der Waals surface area contributed by atoms with Crippen molar-refractivity contribution in [3.05, 3.63) is 194 Å². The van der Waals surface area contributed by atoms with Crippen molar-refractivity contribution in [2.75, 3.05) is 0 Å². The Morgan fingerprint density at radius 2 is 1.21 bits per heavy atom. The molecule has 0 bridgehead atoms. The van der Waals surface area contributed by atoms with Crippen LogP contribution in [0.2, 0.25) is 0 Å². The summed E-state index contributed by atoms with van der Waals surface area (Å²) in [4.78, 5) is 14.5. The summed E-state index contributed by atoms with van der Waals surface area (Å²) in [6.45, 7) is 0. The van der Waals surface area contributed by atoms with Crippen molar-refractivity contribution in [2.45, 2.75) is 12.3 Å². The summed E-state index contributed by atoms with van der Waals surface area (Å²) < 4.78 is 8.73. The van der Waals surface area contributed by atoms with Crippen LogP contribution in [-0.2, 0) is 0 Å². The number of benzene rings is 7. The lowest BCUT2D eigenvalue weighted by Crippen LogP contribution is -2.03. The van der Waals surface area contributed by atoms with Crippen LogP contribution in [0.25, 0.3) is 94.5 Å². The molecule has 0 aliphatic heterocycles. The van der Waals surface area contributed by atoms with Crippen molar-refractivity contribution >= 4 is 43.7 Å². The summed E-state index contributed by atoms with van der Waals surface area (Å²) in [6.07, 6.45) is 11.4. The van der Waals surface area contributed by atoms with Crippen LogP contribution in [0.3, 0.4) is 0 Å². The molecule has 5 nitrogen and oxygen atoms in total. The van der Waals surface area contributed by atoms with Gasteiger partial charge in [0, 0.05) is 27.5 Å². The highest BCUT2D eigenvalue weighted by molar-refractivity contribution is 6.11. The first-order chi connectivity index (χ1) is 27.7. The van der Waals surface area contributed by atoms with Crippen LogP contribution in [0.4, 0.5) is 0 Å². The molecule has 0 fully saturated rings. The van der Waals surface area contributed by atoms with Gasteiger partial charge in [-0.1, -0.05) is 140 Å². The highest BCUT2D eigenvalue weighted by Crippen LogP contribution is 2.39. The second-order valence-corrected chi connectivity index (χ2v) is 14.4. The predicted molar refractivity (Wildman–Crippen MR) is 229 cm³/mol. The monoisotopic (exact) mass is 718 g/mol. The van der Waals surface area contributed by atoms with Crippen LogP contribution in [0.15, 0.2) is 193 Å². The van der Waals surface area contributed by atoms with E-state index >= 15 is 0 Å². The molecule has 0 N–H and O–H groups in total. The second kappa shape index (κ2) is 13.2. The molecular weight excluding hydrogens is 685 g/mol. The van der Waals surface area contributed by atoms with E-state index in [1.165, 1.54) is 27.8 Å². The van der Waals surface area contributed by atoms with Crippen molar-refractivity contribution < 1.29 is 4.42 Å². The Morgan fingerprint density at radius 3 is 2.09 bits per heavy atom. The minimum absolute atomic E-state index is 0.413. The van der Waals surface area contributed by atoms with Gasteiger partial charge >= 0.3 is 0 Å². The second-order valence-electron chi connectivity index (χ2n) is 14.4. The number of para-hydroxylation sites is 2. The number of nitrogens with zero attached hydrogens (tertiary/aromatic N) is 4. The van der Waals surface area contributed by atoms with E-state index in [4.69, 9.17) is 19.4 Å². The van der Waals surface area contributed by atoms with E-state index < -0.39 is 0 Å². The number of aromatic nitrogens is 4. The van der Waals surface area contributed by atoms with Crippen molar-refractivity contribution in [1.29, 1.82) is 0 Å². The van der Waals surface area contributed by atoms with Crippen molar-refractivity contribution in [3.63, 3.8) is 0 Å². The molecule has 11 rings (SSSR count). The maximum absolute atomic E-state index is 6.60.